The van der Waals surface area contributed by atoms with Gasteiger partial charge >= 0.3 is 6.03 Å². The van der Waals surface area contributed by atoms with Gasteiger partial charge in [-0.05, 0) is 61.9 Å². The highest BCUT2D eigenvalue weighted by atomic mass is 79.9. The van der Waals surface area contributed by atoms with E-state index in [1.807, 2.05) is 6.92 Å². The van der Waals surface area contributed by atoms with Gasteiger partial charge in [0.25, 0.3) is 11.8 Å². The predicted octanol–water partition coefficient (Wildman–Crippen LogP) is 6.81. The topological polar surface area (TPSA) is 103 Å². The molecule has 4 amide bonds. The lowest BCUT2D eigenvalue weighted by atomic mass is 10.1. The first kappa shape index (κ1) is 30.2. The second-order valence-corrected chi connectivity index (χ2v) is 10.2. The van der Waals surface area contributed by atoms with Crippen LogP contribution in [-0.2, 0) is 16.2 Å². The first-order valence-electron chi connectivity index (χ1n) is 12.4. The molecule has 0 aromatic heterocycles. The molecule has 0 spiro atoms. The van der Waals surface area contributed by atoms with E-state index in [1.54, 1.807) is 49.4 Å². The number of amides is 4. The smallest absolute Gasteiger partial charge is 0.336 e. The number of nitrogens with zero attached hydrogens (tertiary/aromatic N) is 1. The lowest BCUT2D eigenvalue weighted by Gasteiger charge is -2.28. The van der Waals surface area contributed by atoms with E-state index in [9.17, 15) is 14.4 Å². The first-order valence-corrected chi connectivity index (χ1v) is 14.0. The summed E-state index contributed by atoms with van der Waals surface area (Å²) in [5, 5.41) is 3.19. The maximum atomic E-state index is 13.6. The number of carbonyl (C=O) groups excluding carboxylic acids is 3. The summed E-state index contributed by atoms with van der Waals surface area (Å²) in [7, 11) is 1.46. The molecule has 214 valence electrons. The van der Waals surface area contributed by atoms with E-state index in [-0.39, 0.29) is 30.2 Å². The number of nitrogens with one attached hydrogen (secondary N) is 1. The zero-order valence-electron chi connectivity index (χ0n) is 22.3. The molecule has 3 aromatic rings. The monoisotopic (exact) mass is 662 g/mol. The summed E-state index contributed by atoms with van der Waals surface area (Å²) in [6.45, 7) is 4.39. The molecule has 12 heteroatoms. The highest BCUT2D eigenvalue weighted by molar-refractivity contribution is 9.10. The number of imide groups is 2. The second-order valence-electron chi connectivity index (χ2n) is 8.50. The Morgan fingerprint density at radius 3 is 2.34 bits per heavy atom. The van der Waals surface area contributed by atoms with Crippen LogP contribution in [0.1, 0.15) is 25.0 Å². The molecule has 0 radical (unpaired) electrons. The molecule has 1 saturated heterocycles. The maximum absolute atomic E-state index is 13.6. The number of anilines is 1. The average molecular weight is 664 g/mol. The fourth-order valence-corrected chi connectivity index (χ4v) is 4.87. The largest absolute Gasteiger partial charge is 0.494 e. The number of hydrogen-bond donors (Lipinski definition) is 1. The van der Waals surface area contributed by atoms with Crippen molar-refractivity contribution in [2.45, 2.75) is 20.5 Å². The zero-order chi connectivity index (χ0) is 29.7. The van der Waals surface area contributed by atoms with Gasteiger partial charge in [-0.1, -0.05) is 45.2 Å². The Kier molecular flexibility index (Phi) is 9.80. The third-order valence-electron chi connectivity index (χ3n) is 5.86. The molecule has 4 rings (SSSR count). The first-order chi connectivity index (χ1) is 19.7. The van der Waals surface area contributed by atoms with Gasteiger partial charge in [-0.15, -0.1) is 0 Å². The minimum Gasteiger partial charge on any atom is -0.494 e. The van der Waals surface area contributed by atoms with Crippen LogP contribution in [-0.4, -0.2) is 38.2 Å². The van der Waals surface area contributed by atoms with Gasteiger partial charge in [-0.3, -0.25) is 14.9 Å². The Morgan fingerprint density at radius 1 is 0.902 bits per heavy atom. The number of halogens is 3. The van der Waals surface area contributed by atoms with E-state index in [0.717, 1.165) is 10.5 Å². The van der Waals surface area contributed by atoms with Gasteiger partial charge < -0.3 is 18.9 Å². The molecule has 1 N–H and O–H groups in total. The molecular formula is C29H25BrCl2N2O7. The number of benzene rings is 3. The number of carbonyl (C=O) groups is 3. The van der Waals surface area contributed by atoms with Crippen molar-refractivity contribution in [2.24, 2.45) is 0 Å². The van der Waals surface area contributed by atoms with Crippen molar-refractivity contribution < 1.29 is 33.3 Å². The molecule has 0 aliphatic carbocycles. The van der Waals surface area contributed by atoms with Gasteiger partial charge in [-0.2, -0.15) is 0 Å². The maximum Gasteiger partial charge on any atom is 0.336 e. The molecule has 1 aliphatic rings. The van der Waals surface area contributed by atoms with Crippen molar-refractivity contribution in [1.82, 2.24) is 5.32 Å². The van der Waals surface area contributed by atoms with Crippen molar-refractivity contribution in [3.05, 3.63) is 79.7 Å². The minimum absolute atomic E-state index is 0.139. The van der Waals surface area contributed by atoms with Gasteiger partial charge in [0.15, 0.2) is 11.5 Å². The summed E-state index contributed by atoms with van der Waals surface area (Å²) in [6, 6.07) is 12.2. The van der Waals surface area contributed by atoms with Gasteiger partial charge in [0.05, 0.1) is 26.0 Å². The van der Waals surface area contributed by atoms with Crippen LogP contribution >= 0.6 is 39.1 Å². The molecule has 3 aromatic carbocycles. The fraction of sp³-hybridized carbons (Fsp3) is 0.207. The van der Waals surface area contributed by atoms with Crippen molar-refractivity contribution in [1.29, 1.82) is 0 Å². The number of urea groups is 1. The van der Waals surface area contributed by atoms with Crippen molar-refractivity contribution in [2.75, 3.05) is 25.2 Å². The summed E-state index contributed by atoms with van der Waals surface area (Å²) < 4.78 is 23.1. The van der Waals surface area contributed by atoms with Crippen LogP contribution in [0.2, 0.25) is 10.0 Å². The third-order valence-corrected chi connectivity index (χ3v) is 7.14. The Morgan fingerprint density at radius 2 is 1.66 bits per heavy atom. The predicted molar refractivity (Wildman–Crippen MR) is 159 cm³/mol. The normalized spacial score (nSPS) is 14.2. The molecule has 0 bridgehead atoms. The lowest BCUT2D eigenvalue weighted by molar-refractivity contribution is -0.122. The SMILES string of the molecule is CCOc1ccc(OCC)c(N2C(=O)NC(=O)/C(=C\c3cc(OC)c(OCc4ccc(Cl)cc4Cl)cc3Br)C2=O)c1. The molecule has 0 atom stereocenters. The minimum atomic E-state index is -0.909. The highest BCUT2D eigenvalue weighted by Gasteiger charge is 2.38. The molecule has 1 heterocycles. The van der Waals surface area contributed by atoms with E-state index >= 15 is 0 Å². The average Bonchev–Trinajstić information content (AvgIpc) is 2.93. The Balaban J connectivity index is 1.68. The summed E-state index contributed by atoms with van der Waals surface area (Å²) in [6.07, 6.45) is 1.36. The molecule has 1 aliphatic heterocycles. The standard InChI is InChI=1S/C29H25BrCl2N2O7/c1-4-39-19-8-9-24(40-5-2)23(13-19)34-28(36)20(27(35)33-29(34)37)10-17-11-25(38-3)26(14-21(17)30)41-15-16-6-7-18(31)12-22(16)32/h6-14H,4-5,15H2,1-3H3,(H,33,35,37)/b20-10+. The Bertz CT molecular complexity index is 1540. The van der Waals surface area contributed by atoms with Crippen molar-refractivity contribution in [3.8, 4) is 23.0 Å². The molecule has 41 heavy (non-hydrogen) atoms. The van der Waals surface area contributed by atoms with Crippen LogP contribution in [0.25, 0.3) is 6.08 Å². The number of rotatable bonds is 10. The summed E-state index contributed by atoms with van der Waals surface area (Å²) >= 11 is 15.7. The van der Waals surface area contributed by atoms with Crippen LogP contribution in [0, 0.1) is 0 Å². The van der Waals surface area contributed by atoms with E-state index in [0.29, 0.717) is 43.9 Å². The number of methoxy groups -OCH3 is 1. The molecule has 1 fully saturated rings. The molecule has 9 nitrogen and oxygen atoms in total. The van der Waals surface area contributed by atoms with Gasteiger partial charge in [0.1, 0.15) is 23.7 Å². The zero-order valence-corrected chi connectivity index (χ0v) is 25.4. The molecule has 0 saturated carbocycles. The third kappa shape index (κ3) is 6.78. The molecule has 0 unspecified atom stereocenters. The number of hydrogen-bond acceptors (Lipinski definition) is 7. The van der Waals surface area contributed by atoms with E-state index in [4.69, 9.17) is 42.1 Å². The van der Waals surface area contributed by atoms with Crippen LogP contribution < -0.4 is 29.2 Å². The number of ether oxygens (including phenoxy) is 4. The second kappa shape index (κ2) is 13.3. The van der Waals surface area contributed by atoms with Gasteiger partial charge in [-0.25, -0.2) is 9.69 Å². The summed E-state index contributed by atoms with van der Waals surface area (Å²) in [4.78, 5) is 40.2. The quantitative estimate of drug-likeness (QED) is 0.188. The van der Waals surface area contributed by atoms with Crippen LogP contribution in [0.5, 0.6) is 23.0 Å². The lowest BCUT2D eigenvalue weighted by Crippen LogP contribution is -2.54. The summed E-state index contributed by atoms with van der Waals surface area (Å²) in [5.41, 5.74) is 1.01. The van der Waals surface area contributed by atoms with Gasteiger partial charge in [0.2, 0.25) is 0 Å². The van der Waals surface area contributed by atoms with Crippen LogP contribution in [0.3, 0.4) is 0 Å². The van der Waals surface area contributed by atoms with Gasteiger partial charge in [0, 0.05) is 26.1 Å². The van der Waals surface area contributed by atoms with E-state index < -0.39 is 17.8 Å². The van der Waals surface area contributed by atoms with Crippen LogP contribution in [0.4, 0.5) is 10.5 Å². The van der Waals surface area contributed by atoms with Crippen molar-refractivity contribution in [3.63, 3.8) is 0 Å². The van der Waals surface area contributed by atoms with E-state index in [2.05, 4.69) is 21.2 Å². The summed E-state index contributed by atoms with van der Waals surface area (Å²) in [5.74, 6) is -0.256. The fourth-order valence-electron chi connectivity index (χ4n) is 3.97. The number of barbiturate groups is 1. The van der Waals surface area contributed by atoms with E-state index in [1.165, 1.54) is 19.3 Å². The Labute approximate surface area is 255 Å². The Hall–Kier alpha value is -3.73. The van der Waals surface area contributed by atoms with Crippen LogP contribution in [0.15, 0.2) is 58.6 Å². The highest BCUT2D eigenvalue weighted by Crippen LogP contribution is 2.38. The molecular weight excluding hydrogens is 639 g/mol. The van der Waals surface area contributed by atoms with Crippen molar-refractivity contribution >= 4 is 68.7 Å².